The standard InChI is InChI=1S/C26H18N4O5/c31-24(15-8-6-11-18(13-15)30(34)35)23-21-20(22-19-12-5-4-7-16(19)14-27-29(22)23)25(32)28(26(21)33)17-9-2-1-3-10-17/h1-14,20-23H/t20-,21-,22+,23+/m1/s1. The summed E-state index contributed by atoms with van der Waals surface area (Å²) in [5, 5.41) is 17.3. The van der Waals surface area contributed by atoms with Gasteiger partial charge in [0.2, 0.25) is 11.8 Å². The van der Waals surface area contributed by atoms with Gasteiger partial charge in [-0.15, -0.1) is 0 Å². The largest absolute Gasteiger partial charge is 0.292 e. The monoisotopic (exact) mass is 466 g/mol. The minimum Gasteiger partial charge on any atom is -0.292 e. The van der Waals surface area contributed by atoms with E-state index in [0.29, 0.717) is 5.69 Å². The van der Waals surface area contributed by atoms with Crippen LogP contribution in [0.2, 0.25) is 0 Å². The first-order valence-corrected chi connectivity index (χ1v) is 11.1. The van der Waals surface area contributed by atoms with Gasteiger partial charge < -0.3 is 0 Å². The van der Waals surface area contributed by atoms with Gasteiger partial charge in [-0.05, 0) is 23.3 Å². The topological polar surface area (TPSA) is 113 Å². The van der Waals surface area contributed by atoms with Crippen LogP contribution in [0.4, 0.5) is 11.4 Å². The number of amides is 2. The Labute approximate surface area is 199 Å². The number of hydrazone groups is 1. The Hall–Kier alpha value is -4.66. The van der Waals surface area contributed by atoms with Gasteiger partial charge in [0.05, 0.1) is 34.7 Å². The van der Waals surface area contributed by atoms with Gasteiger partial charge in [-0.2, -0.15) is 5.10 Å². The normalized spacial score (nSPS) is 24.2. The predicted octanol–water partition coefficient (Wildman–Crippen LogP) is 3.36. The lowest BCUT2D eigenvalue weighted by Crippen LogP contribution is -2.44. The second-order valence-electron chi connectivity index (χ2n) is 8.71. The number of carbonyl (C=O) groups excluding carboxylic acids is 3. The second-order valence-corrected chi connectivity index (χ2v) is 8.71. The second kappa shape index (κ2) is 7.69. The predicted molar refractivity (Wildman–Crippen MR) is 126 cm³/mol. The number of rotatable bonds is 4. The van der Waals surface area contributed by atoms with Crippen molar-refractivity contribution in [2.45, 2.75) is 12.1 Å². The first kappa shape index (κ1) is 20.9. The van der Waals surface area contributed by atoms with E-state index in [1.165, 1.54) is 29.3 Å². The number of nitro benzene ring substituents is 1. The minimum atomic E-state index is -1.08. The fourth-order valence-electron chi connectivity index (χ4n) is 5.44. The molecule has 0 aromatic heterocycles. The van der Waals surface area contributed by atoms with Crippen LogP contribution in [-0.4, -0.2) is 39.8 Å². The number of anilines is 1. The van der Waals surface area contributed by atoms with Crippen molar-refractivity contribution >= 4 is 35.2 Å². The molecular weight excluding hydrogens is 448 g/mol. The lowest BCUT2D eigenvalue weighted by molar-refractivity contribution is -0.384. The van der Waals surface area contributed by atoms with Crippen LogP contribution < -0.4 is 4.90 Å². The summed E-state index contributed by atoms with van der Waals surface area (Å²) in [6, 6.07) is 19.8. The molecule has 3 aliphatic rings. The van der Waals surface area contributed by atoms with Crippen LogP contribution in [0.3, 0.4) is 0 Å². The van der Waals surface area contributed by atoms with Crippen LogP contribution in [0, 0.1) is 22.0 Å². The summed E-state index contributed by atoms with van der Waals surface area (Å²) in [4.78, 5) is 53.2. The van der Waals surface area contributed by atoms with Crippen LogP contribution in [0.1, 0.15) is 27.5 Å². The van der Waals surface area contributed by atoms with Gasteiger partial charge in [0.25, 0.3) is 5.69 Å². The van der Waals surface area contributed by atoms with Gasteiger partial charge in [-0.3, -0.25) is 29.5 Å². The lowest BCUT2D eigenvalue weighted by Gasteiger charge is -2.33. The molecule has 3 aromatic rings. The summed E-state index contributed by atoms with van der Waals surface area (Å²) in [7, 11) is 0. The van der Waals surface area contributed by atoms with Gasteiger partial charge in [0, 0.05) is 17.7 Å². The minimum absolute atomic E-state index is 0.0936. The van der Waals surface area contributed by atoms with Gasteiger partial charge in [-0.25, -0.2) is 4.90 Å². The summed E-state index contributed by atoms with van der Waals surface area (Å²) >= 11 is 0. The van der Waals surface area contributed by atoms with E-state index in [9.17, 15) is 24.5 Å². The van der Waals surface area contributed by atoms with Crippen molar-refractivity contribution in [3.8, 4) is 0 Å². The molecule has 35 heavy (non-hydrogen) atoms. The average Bonchev–Trinajstić information content (AvgIpc) is 3.36. The summed E-state index contributed by atoms with van der Waals surface area (Å²) in [5.74, 6) is -3.16. The smallest absolute Gasteiger partial charge is 0.270 e. The molecular formula is C26H18N4O5. The number of para-hydroxylation sites is 1. The molecule has 3 aliphatic heterocycles. The number of Topliss-reactive ketones (excluding diaryl/α,β-unsaturated/α-hetero) is 1. The van der Waals surface area contributed by atoms with Gasteiger partial charge in [-0.1, -0.05) is 54.6 Å². The van der Waals surface area contributed by atoms with E-state index in [1.54, 1.807) is 36.5 Å². The molecule has 9 nitrogen and oxygen atoms in total. The highest BCUT2D eigenvalue weighted by atomic mass is 16.6. The van der Waals surface area contributed by atoms with E-state index in [1.807, 2.05) is 24.3 Å². The highest BCUT2D eigenvalue weighted by Crippen LogP contribution is 2.53. The van der Waals surface area contributed by atoms with Crippen molar-refractivity contribution in [1.29, 1.82) is 0 Å². The van der Waals surface area contributed by atoms with E-state index in [0.717, 1.165) is 16.0 Å². The maximum Gasteiger partial charge on any atom is 0.270 e. The molecule has 0 spiro atoms. The number of carbonyl (C=O) groups is 3. The number of nitrogens with zero attached hydrogens (tertiary/aromatic N) is 4. The Morgan fingerprint density at radius 3 is 2.37 bits per heavy atom. The zero-order valence-corrected chi connectivity index (χ0v) is 18.2. The third-order valence-electron chi connectivity index (χ3n) is 6.92. The summed E-state index contributed by atoms with van der Waals surface area (Å²) in [5.41, 5.74) is 1.93. The van der Waals surface area contributed by atoms with Gasteiger partial charge in [0.15, 0.2) is 5.78 Å². The molecule has 4 atom stereocenters. The molecule has 0 N–H and O–H groups in total. The van der Waals surface area contributed by atoms with Crippen molar-refractivity contribution < 1.29 is 19.3 Å². The Bertz CT molecular complexity index is 1440. The Morgan fingerprint density at radius 1 is 0.886 bits per heavy atom. The molecule has 2 fully saturated rings. The first-order chi connectivity index (χ1) is 17.0. The molecule has 3 aromatic carbocycles. The third-order valence-corrected chi connectivity index (χ3v) is 6.92. The molecule has 0 unspecified atom stereocenters. The van der Waals surface area contributed by atoms with E-state index >= 15 is 0 Å². The highest BCUT2D eigenvalue weighted by molar-refractivity contribution is 6.24. The molecule has 2 amide bonds. The Balaban J connectivity index is 1.50. The van der Waals surface area contributed by atoms with Gasteiger partial charge >= 0.3 is 0 Å². The molecule has 0 saturated carbocycles. The first-order valence-electron chi connectivity index (χ1n) is 11.1. The van der Waals surface area contributed by atoms with Crippen molar-refractivity contribution in [3.05, 3.63) is 106 Å². The van der Waals surface area contributed by atoms with E-state index in [4.69, 9.17) is 0 Å². The number of imide groups is 1. The fraction of sp³-hybridized carbons (Fsp3) is 0.154. The highest BCUT2D eigenvalue weighted by Gasteiger charge is 2.65. The van der Waals surface area contributed by atoms with E-state index < -0.39 is 40.5 Å². The number of ketones is 1. The van der Waals surface area contributed by atoms with Crippen LogP contribution in [0.5, 0.6) is 0 Å². The number of nitro groups is 1. The number of non-ortho nitro benzene ring substituents is 1. The molecule has 6 rings (SSSR count). The maximum atomic E-state index is 13.8. The molecule has 0 bridgehead atoms. The number of hydrogen-bond donors (Lipinski definition) is 0. The van der Waals surface area contributed by atoms with Crippen molar-refractivity contribution in [3.63, 3.8) is 0 Å². The summed E-state index contributed by atoms with van der Waals surface area (Å²) in [6.45, 7) is 0. The van der Waals surface area contributed by atoms with Crippen molar-refractivity contribution in [2.75, 3.05) is 4.90 Å². The fourth-order valence-corrected chi connectivity index (χ4v) is 5.44. The zero-order chi connectivity index (χ0) is 24.3. The van der Waals surface area contributed by atoms with Crippen molar-refractivity contribution in [2.24, 2.45) is 16.9 Å². The van der Waals surface area contributed by atoms with Crippen LogP contribution >= 0.6 is 0 Å². The molecule has 2 saturated heterocycles. The summed E-state index contributed by atoms with van der Waals surface area (Å²) < 4.78 is 0. The maximum absolute atomic E-state index is 13.8. The van der Waals surface area contributed by atoms with Gasteiger partial charge in [0.1, 0.15) is 6.04 Å². The lowest BCUT2D eigenvalue weighted by atomic mass is 9.83. The molecule has 9 heteroatoms. The quantitative estimate of drug-likeness (QED) is 0.252. The number of fused-ring (bicyclic) bond motifs is 5. The van der Waals surface area contributed by atoms with E-state index in [2.05, 4.69) is 5.10 Å². The third kappa shape index (κ3) is 3.01. The number of hydrogen-bond acceptors (Lipinski definition) is 7. The Kier molecular flexibility index (Phi) is 4.60. The van der Waals surface area contributed by atoms with Crippen molar-refractivity contribution in [1.82, 2.24) is 5.01 Å². The average molecular weight is 466 g/mol. The van der Waals surface area contributed by atoms with Crippen LogP contribution in [-0.2, 0) is 9.59 Å². The number of benzene rings is 3. The molecule has 172 valence electrons. The van der Waals surface area contributed by atoms with Crippen LogP contribution in [0.15, 0.2) is 84.0 Å². The zero-order valence-electron chi connectivity index (χ0n) is 18.2. The van der Waals surface area contributed by atoms with Crippen LogP contribution in [0.25, 0.3) is 0 Å². The van der Waals surface area contributed by atoms with E-state index in [-0.39, 0.29) is 17.2 Å². The SMILES string of the molecule is O=C(c1cccc([N+](=O)[O-])c1)[C@@H]1[C@@H]2C(=O)N(c3ccccc3)C(=O)[C@H]2[C@@H]2c3ccccc3C=NN12. The summed E-state index contributed by atoms with van der Waals surface area (Å²) in [6.07, 6.45) is 1.62. The molecule has 0 aliphatic carbocycles. The molecule has 3 heterocycles. The Morgan fingerprint density at radius 2 is 1.60 bits per heavy atom. The molecule has 0 radical (unpaired) electrons.